The van der Waals surface area contributed by atoms with E-state index in [1.165, 1.54) is 24.3 Å². The number of hydrogen-bond acceptors (Lipinski definition) is 2. The van der Waals surface area contributed by atoms with Crippen LogP contribution in [0.25, 0.3) is 0 Å². The first-order chi connectivity index (χ1) is 9.56. The number of rotatable bonds is 5. The summed E-state index contributed by atoms with van der Waals surface area (Å²) < 4.78 is 31.9. The van der Waals surface area contributed by atoms with Crippen LogP contribution in [0.5, 0.6) is 5.75 Å². The highest BCUT2D eigenvalue weighted by molar-refractivity contribution is 9.10. The molecular weight excluding hydrogens is 330 g/mol. The van der Waals surface area contributed by atoms with Crippen LogP contribution in [0, 0.1) is 11.6 Å². The summed E-state index contributed by atoms with van der Waals surface area (Å²) in [6.07, 6.45) is -0.0327. The third-order valence-electron chi connectivity index (χ3n) is 2.64. The normalized spacial score (nSPS) is 10.3. The summed E-state index contributed by atoms with van der Waals surface area (Å²) in [5.41, 5.74) is 0.335. The number of Topliss-reactive ketones (excluding diaryl/α,β-unsaturated/α-hetero) is 1. The Labute approximate surface area is 123 Å². The lowest BCUT2D eigenvalue weighted by Crippen LogP contribution is -2.14. The van der Waals surface area contributed by atoms with Crippen molar-refractivity contribution in [3.8, 4) is 5.75 Å². The van der Waals surface area contributed by atoms with Gasteiger partial charge in [-0.15, -0.1) is 0 Å². The van der Waals surface area contributed by atoms with Crippen molar-refractivity contribution in [3.63, 3.8) is 0 Å². The third-order valence-corrected chi connectivity index (χ3v) is 3.24. The molecule has 2 aromatic rings. The van der Waals surface area contributed by atoms with Gasteiger partial charge in [0.15, 0.2) is 5.78 Å². The van der Waals surface area contributed by atoms with Gasteiger partial charge in [-0.2, -0.15) is 0 Å². The molecule has 0 radical (unpaired) electrons. The zero-order valence-electron chi connectivity index (χ0n) is 10.4. The number of halogens is 3. The monoisotopic (exact) mass is 340 g/mol. The Morgan fingerprint density at radius 2 is 1.85 bits per heavy atom. The van der Waals surface area contributed by atoms with Gasteiger partial charge in [0.25, 0.3) is 0 Å². The fourth-order valence-electron chi connectivity index (χ4n) is 1.64. The van der Waals surface area contributed by atoms with Crippen molar-refractivity contribution in [1.29, 1.82) is 0 Å². The molecule has 0 N–H and O–H groups in total. The number of ketones is 1. The Morgan fingerprint density at radius 1 is 1.10 bits per heavy atom. The molecule has 0 aliphatic rings. The molecule has 0 amide bonds. The van der Waals surface area contributed by atoms with Crippen molar-refractivity contribution < 1.29 is 18.3 Å². The number of benzene rings is 2. The standard InChI is InChI=1S/C15H11BrF2O2/c16-13-8-12(5-6-15(13)18)20-9-11(19)7-10-3-1-2-4-14(10)17/h1-6,8H,7,9H2. The van der Waals surface area contributed by atoms with E-state index >= 15 is 0 Å². The first kappa shape index (κ1) is 14.7. The lowest BCUT2D eigenvalue weighted by Gasteiger charge is -2.07. The number of ether oxygens (including phenoxy) is 1. The van der Waals surface area contributed by atoms with Crippen molar-refractivity contribution in [1.82, 2.24) is 0 Å². The molecule has 0 saturated heterocycles. The fourth-order valence-corrected chi connectivity index (χ4v) is 1.99. The minimum atomic E-state index is -0.412. The van der Waals surface area contributed by atoms with Crippen LogP contribution in [0.4, 0.5) is 8.78 Å². The second-order valence-electron chi connectivity index (χ2n) is 4.17. The Morgan fingerprint density at radius 3 is 2.55 bits per heavy atom. The second kappa shape index (κ2) is 6.61. The summed E-state index contributed by atoms with van der Waals surface area (Å²) in [5, 5.41) is 0. The van der Waals surface area contributed by atoms with Crippen molar-refractivity contribution in [2.75, 3.05) is 6.61 Å². The first-order valence-corrected chi connectivity index (χ1v) is 6.68. The minimum Gasteiger partial charge on any atom is -0.486 e. The van der Waals surface area contributed by atoms with Crippen LogP contribution < -0.4 is 4.74 Å². The van der Waals surface area contributed by atoms with Crippen LogP contribution in [-0.4, -0.2) is 12.4 Å². The van der Waals surface area contributed by atoms with Crippen molar-refractivity contribution in [2.45, 2.75) is 6.42 Å². The quantitative estimate of drug-likeness (QED) is 0.824. The molecule has 2 rings (SSSR count). The SMILES string of the molecule is O=C(COc1ccc(F)c(Br)c1)Cc1ccccc1F. The van der Waals surface area contributed by atoms with Gasteiger partial charge in [0.05, 0.1) is 4.47 Å². The van der Waals surface area contributed by atoms with Crippen molar-refractivity contribution in [2.24, 2.45) is 0 Å². The van der Waals surface area contributed by atoms with E-state index in [-0.39, 0.29) is 23.3 Å². The molecule has 2 nitrogen and oxygen atoms in total. The molecule has 104 valence electrons. The van der Waals surface area contributed by atoms with Crippen molar-refractivity contribution >= 4 is 21.7 Å². The van der Waals surface area contributed by atoms with Gasteiger partial charge in [0.1, 0.15) is 24.0 Å². The Kier molecular flexibility index (Phi) is 4.84. The van der Waals surface area contributed by atoms with Gasteiger partial charge < -0.3 is 4.74 Å². The lowest BCUT2D eigenvalue weighted by molar-refractivity contribution is -0.120. The van der Waals surface area contributed by atoms with Gasteiger partial charge in [0, 0.05) is 6.42 Å². The Hall–Kier alpha value is -1.75. The molecule has 5 heteroatoms. The molecule has 2 aromatic carbocycles. The summed E-state index contributed by atoms with van der Waals surface area (Å²) >= 11 is 3.03. The fraction of sp³-hybridized carbons (Fsp3) is 0.133. The molecule has 0 atom stereocenters. The summed E-state index contributed by atoms with van der Waals surface area (Å²) in [6.45, 7) is -0.188. The molecule has 0 fully saturated rings. The van der Waals surface area contributed by atoms with E-state index in [4.69, 9.17) is 4.74 Å². The van der Waals surface area contributed by atoms with E-state index in [1.54, 1.807) is 18.2 Å². The van der Waals surface area contributed by atoms with Gasteiger partial charge in [-0.25, -0.2) is 8.78 Å². The predicted molar refractivity (Wildman–Crippen MR) is 74.7 cm³/mol. The Balaban J connectivity index is 1.92. The van der Waals surface area contributed by atoms with Crippen LogP contribution in [-0.2, 0) is 11.2 Å². The molecule has 0 bridgehead atoms. The molecule has 0 unspecified atom stereocenters. The van der Waals surface area contributed by atoms with Gasteiger partial charge in [-0.1, -0.05) is 18.2 Å². The zero-order chi connectivity index (χ0) is 14.5. The largest absolute Gasteiger partial charge is 0.486 e. The topological polar surface area (TPSA) is 26.3 Å². The molecular formula is C15H11BrF2O2. The molecule has 0 aliphatic carbocycles. The predicted octanol–water partition coefficient (Wildman–Crippen LogP) is 3.92. The van der Waals surface area contributed by atoms with E-state index in [9.17, 15) is 13.6 Å². The van der Waals surface area contributed by atoms with Gasteiger partial charge in [0.2, 0.25) is 0 Å². The molecule has 0 heterocycles. The minimum absolute atomic E-state index is 0.0327. The smallest absolute Gasteiger partial charge is 0.174 e. The Bertz CT molecular complexity index is 629. The summed E-state index contributed by atoms with van der Waals surface area (Å²) in [6, 6.07) is 10.2. The van der Waals surface area contributed by atoms with Crippen molar-refractivity contribution in [3.05, 3.63) is 64.1 Å². The molecule has 0 spiro atoms. The first-order valence-electron chi connectivity index (χ1n) is 5.89. The molecule has 0 aliphatic heterocycles. The van der Waals surface area contributed by atoms with Gasteiger partial charge in [-0.05, 0) is 45.8 Å². The van der Waals surface area contributed by atoms with Crippen LogP contribution in [0.15, 0.2) is 46.9 Å². The second-order valence-corrected chi connectivity index (χ2v) is 5.03. The average Bonchev–Trinajstić information content (AvgIpc) is 2.43. The molecule has 0 saturated carbocycles. The van der Waals surface area contributed by atoms with Gasteiger partial charge >= 0.3 is 0 Å². The third kappa shape index (κ3) is 3.87. The van der Waals surface area contributed by atoms with Crippen LogP contribution >= 0.6 is 15.9 Å². The highest BCUT2D eigenvalue weighted by atomic mass is 79.9. The van der Waals surface area contributed by atoms with E-state index in [2.05, 4.69) is 15.9 Å². The summed E-state index contributed by atoms with van der Waals surface area (Å²) in [4.78, 5) is 11.7. The molecule has 0 aromatic heterocycles. The van der Waals surface area contributed by atoms with Gasteiger partial charge in [-0.3, -0.25) is 4.79 Å². The zero-order valence-corrected chi connectivity index (χ0v) is 12.0. The highest BCUT2D eigenvalue weighted by Gasteiger charge is 2.09. The average molecular weight is 341 g/mol. The van der Waals surface area contributed by atoms with E-state index in [1.807, 2.05) is 0 Å². The lowest BCUT2D eigenvalue weighted by atomic mass is 10.1. The summed E-state index contributed by atoms with van der Waals surface area (Å²) in [7, 11) is 0. The van der Waals surface area contributed by atoms with Crippen LogP contribution in [0.1, 0.15) is 5.56 Å². The highest BCUT2D eigenvalue weighted by Crippen LogP contribution is 2.21. The van der Waals surface area contributed by atoms with E-state index < -0.39 is 11.6 Å². The maximum absolute atomic E-state index is 13.4. The number of hydrogen-bond donors (Lipinski definition) is 0. The summed E-state index contributed by atoms with van der Waals surface area (Å²) in [5.74, 6) is -0.698. The maximum Gasteiger partial charge on any atom is 0.174 e. The van der Waals surface area contributed by atoms with E-state index in [0.29, 0.717) is 11.3 Å². The maximum atomic E-state index is 13.4. The van der Waals surface area contributed by atoms with Crippen LogP contribution in [0.2, 0.25) is 0 Å². The number of carbonyl (C=O) groups excluding carboxylic acids is 1. The van der Waals surface area contributed by atoms with E-state index in [0.717, 1.165) is 0 Å². The van der Waals surface area contributed by atoms with Crippen LogP contribution in [0.3, 0.4) is 0 Å². The number of carbonyl (C=O) groups is 1. The molecule has 20 heavy (non-hydrogen) atoms.